The summed E-state index contributed by atoms with van der Waals surface area (Å²) in [4.78, 5) is 34.1. The quantitative estimate of drug-likeness (QED) is 0.565. The standard InChI is InChI=1S/C9H9NO5/c11-6-1-2-7(12)10(6)5-3-4-9(5,15)8(13)14/h1-2,5,15H,3-4H2,(H,13,14). The molecule has 2 atom stereocenters. The van der Waals surface area contributed by atoms with Crippen molar-refractivity contribution in [2.45, 2.75) is 24.5 Å². The summed E-state index contributed by atoms with van der Waals surface area (Å²) in [6.07, 6.45) is 2.53. The van der Waals surface area contributed by atoms with Gasteiger partial charge in [-0.1, -0.05) is 0 Å². The molecule has 0 aromatic heterocycles. The molecular formula is C9H9NO5. The van der Waals surface area contributed by atoms with Crippen LogP contribution >= 0.6 is 0 Å². The van der Waals surface area contributed by atoms with Crippen LogP contribution in [0.25, 0.3) is 0 Å². The monoisotopic (exact) mass is 211 g/mol. The smallest absolute Gasteiger partial charge is 0.337 e. The SMILES string of the molecule is O=C1C=CC(=O)N1C1CCC1(O)C(=O)O. The van der Waals surface area contributed by atoms with Gasteiger partial charge in [-0.3, -0.25) is 14.5 Å². The van der Waals surface area contributed by atoms with Crippen LogP contribution < -0.4 is 0 Å². The van der Waals surface area contributed by atoms with Crippen LogP contribution in [0.1, 0.15) is 12.8 Å². The maximum Gasteiger partial charge on any atom is 0.337 e. The molecule has 2 amide bonds. The number of amides is 2. The largest absolute Gasteiger partial charge is 0.479 e. The Labute approximate surface area is 84.8 Å². The average Bonchev–Trinajstić information content (AvgIpc) is 2.46. The van der Waals surface area contributed by atoms with Crippen LogP contribution in [0.2, 0.25) is 0 Å². The third-order valence-electron chi connectivity index (χ3n) is 2.88. The predicted octanol–water partition coefficient (Wildman–Crippen LogP) is -1.11. The summed E-state index contributed by atoms with van der Waals surface area (Å²) in [5.74, 6) is -2.53. The molecule has 15 heavy (non-hydrogen) atoms. The molecule has 80 valence electrons. The Morgan fingerprint density at radius 2 is 1.93 bits per heavy atom. The van der Waals surface area contributed by atoms with Crippen LogP contribution in [-0.4, -0.2) is 44.5 Å². The lowest BCUT2D eigenvalue weighted by Gasteiger charge is -2.45. The van der Waals surface area contributed by atoms with E-state index in [1.54, 1.807) is 0 Å². The van der Waals surface area contributed by atoms with Gasteiger partial charge >= 0.3 is 5.97 Å². The topological polar surface area (TPSA) is 94.9 Å². The fourth-order valence-electron chi connectivity index (χ4n) is 1.86. The summed E-state index contributed by atoms with van der Waals surface area (Å²) < 4.78 is 0. The van der Waals surface area contributed by atoms with E-state index < -0.39 is 29.4 Å². The van der Waals surface area contributed by atoms with Crippen LogP contribution in [0, 0.1) is 0 Å². The molecule has 0 aromatic carbocycles. The van der Waals surface area contributed by atoms with Gasteiger partial charge in [-0.2, -0.15) is 0 Å². The molecule has 1 aliphatic carbocycles. The van der Waals surface area contributed by atoms with Crippen LogP contribution in [0.4, 0.5) is 0 Å². The molecule has 2 aliphatic rings. The van der Waals surface area contributed by atoms with E-state index in [2.05, 4.69) is 0 Å². The van der Waals surface area contributed by atoms with E-state index in [1.807, 2.05) is 0 Å². The van der Waals surface area contributed by atoms with E-state index in [0.717, 1.165) is 17.1 Å². The number of carbonyl (C=O) groups excluding carboxylic acids is 2. The first-order valence-electron chi connectivity index (χ1n) is 4.48. The number of carbonyl (C=O) groups is 3. The van der Waals surface area contributed by atoms with E-state index in [4.69, 9.17) is 5.11 Å². The van der Waals surface area contributed by atoms with Crippen molar-refractivity contribution in [1.29, 1.82) is 0 Å². The molecule has 6 nitrogen and oxygen atoms in total. The molecule has 2 unspecified atom stereocenters. The Kier molecular flexibility index (Phi) is 1.90. The van der Waals surface area contributed by atoms with Gasteiger partial charge in [0.1, 0.15) is 0 Å². The van der Waals surface area contributed by atoms with Crippen molar-refractivity contribution in [1.82, 2.24) is 4.90 Å². The van der Waals surface area contributed by atoms with Crippen LogP contribution in [-0.2, 0) is 14.4 Å². The molecule has 1 saturated carbocycles. The number of imide groups is 1. The number of hydrogen-bond acceptors (Lipinski definition) is 4. The van der Waals surface area contributed by atoms with Gasteiger partial charge in [0.2, 0.25) is 0 Å². The minimum absolute atomic E-state index is 0.0596. The van der Waals surface area contributed by atoms with Gasteiger partial charge in [-0.05, 0) is 12.8 Å². The first kappa shape index (κ1) is 9.85. The van der Waals surface area contributed by atoms with Crippen molar-refractivity contribution in [2.75, 3.05) is 0 Å². The molecule has 0 bridgehead atoms. The molecule has 0 radical (unpaired) electrons. The number of carboxylic acid groups (broad SMARTS) is 1. The predicted molar refractivity (Wildman–Crippen MR) is 46.6 cm³/mol. The zero-order valence-electron chi connectivity index (χ0n) is 7.71. The molecule has 2 N–H and O–H groups in total. The van der Waals surface area contributed by atoms with Crippen molar-refractivity contribution in [3.63, 3.8) is 0 Å². The maximum atomic E-state index is 11.2. The van der Waals surface area contributed by atoms with E-state index in [9.17, 15) is 19.5 Å². The van der Waals surface area contributed by atoms with E-state index in [0.29, 0.717) is 6.42 Å². The Morgan fingerprint density at radius 1 is 1.40 bits per heavy atom. The second kappa shape index (κ2) is 2.90. The molecule has 1 heterocycles. The first-order valence-corrected chi connectivity index (χ1v) is 4.48. The third kappa shape index (κ3) is 1.18. The average molecular weight is 211 g/mol. The summed E-state index contributed by atoms with van der Waals surface area (Å²) in [6, 6.07) is -0.940. The van der Waals surface area contributed by atoms with Gasteiger partial charge in [-0.15, -0.1) is 0 Å². The van der Waals surface area contributed by atoms with Gasteiger partial charge < -0.3 is 10.2 Å². The van der Waals surface area contributed by atoms with Gasteiger partial charge in [-0.25, -0.2) is 4.79 Å². The van der Waals surface area contributed by atoms with Gasteiger partial charge in [0.15, 0.2) is 5.60 Å². The molecule has 0 spiro atoms. The number of rotatable bonds is 2. The number of carboxylic acids is 1. The maximum absolute atomic E-state index is 11.2. The highest BCUT2D eigenvalue weighted by molar-refractivity contribution is 6.13. The normalized spacial score (nSPS) is 34.5. The van der Waals surface area contributed by atoms with E-state index >= 15 is 0 Å². The van der Waals surface area contributed by atoms with Crippen LogP contribution in [0.5, 0.6) is 0 Å². The summed E-state index contributed by atoms with van der Waals surface area (Å²) in [5, 5.41) is 18.4. The highest BCUT2D eigenvalue weighted by Crippen LogP contribution is 2.37. The number of nitrogens with zero attached hydrogens (tertiary/aromatic N) is 1. The molecule has 1 fully saturated rings. The lowest BCUT2D eigenvalue weighted by atomic mass is 9.74. The van der Waals surface area contributed by atoms with Crippen molar-refractivity contribution in [2.24, 2.45) is 0 Å². The second-order valence-corrected chi connectivity index (χ2v) is 3.66. The molecule has 2 rings (SSSR count). The lowest BCUT2D eigenvalue weighted by molar-refractivity contribution is -0.185. The Hall–Kier alpha value is -1.69. The first-order chi connectivity index (χ1) is 6.97. The summed E-state index contributed by atoms with van der Waals surface area (Å²) in [7, 11) is 0. The van der Waals surface area contributed by atoms with E-state index in [1.165, 1.54) is 0 Å². The molecule has 0 aromatic rings. The van der Waals surface area contributed by atoms with Crippen molar-refractivity contribution < 1.29 is 24.6 Å². The summed E-state index contributed by atoms with van der Waals surface area (Å²) in [5.41, 5.74) is -1.97. The van der Waals surface area contributed by atoms with Crippen molar-refractivity contribution >= 4 is 17.8 Å². The number of hydrogen-bond donors (Lipinski definition) is 2. The van der Waals surface area contributed by atoms with Crippen molar-refractivity contribution in [3.05, 3.63) is 12.2 Å². The number of aliphatic carboxylic acids is 1. The summed E-state index contributed by atoms with van der Waals surface area (Å²) in [6.45, 7) is 0. The van der Waals surface area contributed by atoms with Crippen LogP contribution in [0.15, 0.2) is 12.2 Å². The van der Waals surface area contributed by atoms with Gasteiger partial charge in [0.25, 0.3) is 11.8 Å². The second-order valence-electron chi connectivity index (χ2n) is 3.66. The Balaban J connectivity index is 2.23. The molecular weight excluding hydrogens is 202 g/mol. The minimum atomic E-state index is -1.97. The highest BCUT2D eigenvalue weighted by Gasteiger charge is 2.57. The minimum Gasteiger partial charge on any atom is -0.479 e. The zero-order chi connectivity index (χ0) is 11.2. The molecule has 6 heteroatoms. The Morgan fingerprint density at radius 3 is 2.27 bits per heavy atom. The Bertz CT molecular complexity index is 370. The summed E-state index contributed by atoms with van der Waals surface area (Å²) >= 11 is 0. The van der Waals surface area contributed by atoms with Gasteiger partial charge in [0.05, 0.1) is 6.04 Å². The van der Waals surface area contributed by atoms with E-state index in [-0.39, 0.29) is 6.42 Å². The zero-order valence-corrected chi connectivity index (χ0v) is 7.71. The molecule has 0 saturated heterocycles. The highest BCUT2D eigenvalue weighted by atomic mass is 16.4. The fourth-order valence-corrected chi connectivity index (χ4v) is 1.86. The lowest BCUT2D eigenvalue weighted by Crippen LogP contribution is -2.65. The van der Waals surface area contributed by atoms with Crippen molar-refractivity contribution in [3.8, 4) is 0 Å². The third-order valence-corrected chi connectivity index (χ3v) is 2.88. The number of aliphatic hydroxyl groups is 1. The fraction of sp³-hybridized carbons (Fsp3) is 0.444. The molecule has 1 aliphatic heterocycles. The van der Waals surface area contributed by atoms with Crippen LogP contribution in [0.3, 0.4) is 0 Å². The van der Waals surface area contributed by atoms with Gasteiger partial charge in [0, 0.05) is 12.2 Å².